The quantitative estimate of drug-likeness (QED) is 0.389. The smallest absolute Gasteiger partial charge is 0.325 e. The third kappa shape index (κ3) is 3.74. The molecule has 2 aliphatic rings. The van der Waals surface area contributed by atoms with E-state index in [4.69, 9.17) is 4.98 Å². The van der Waals surface area contributed by atoms with Crippen molar-refractivity contribution < 1.29 is 14.4 Å². The van der Waals surface area contributed by atoms with E-state index in [9.17, 15) is 14.4 Å². The van der Waals surface area contributed by atoms with Gasteiger partial charge in [0.2, 0.25) is 5.91 Å². The van der Waals surface area contributed by atoms with Crippen LogP contribution in [0, 0.1) is 6.92 Å². The maximum atomic E-state index is 13.4. The molecule has 7 nitrogen and oxygen atoms in total. The van der Waals surface area contributed by atoms with Gasteiger partial charge in [0.1, 0.15) is 17.1 Å². The highest BCUT2D eigenvalue weighted by Crippen LogP contribution is 2.40. The molecule has 0 radical (unpaired) electrons. The van der Waals surface area contributed by atoms with Gasteiger partial charge in [0.05, 0.1) is 10.2 Å². The fraction of sp³-hybridized carbons (Fsp3) is 0.214. The molecule has 36 heavy (non-hydrogen) atoms. The van der Waals surface area contributed by atoms with Crippen LogP contribution < -0.4 is 10.6 Å². The molecule has 1 atom stereocenters. The summed E-state index contributed by atoms with van der Waals surface area (Å²) in [6.07, 6.45) is 2.19. The maximum Gasteiger partial charge on any atom is 0.325 e. The van der Waals surface area contributed by atoms with Crippen LogP contribution in [0.1, 0.15) is 29.5 Å². The molecule has 1 aliphatic heterocycles. The van der Waals surface area contributed by atoms with E-state index < -0.39 is 17.5 Å². The first-order valence-corrected chi connectivity index (χ1v) is 12.7. The molecule has 6 rings (SSSR count). The van der Waals surface area contributed by atoms with Crippen molar-refractivity contribution in [2.45, 2.75) is 31.7 Å². The molecule has 8 heteroatoms. The highest BCUT2D eigenvalue weighted by Gasteiger charge is 2.54. The first-order chi connectivity index (χ1) is 17.4. The highest BCUT2D eigenvalue weighted by molar-refractivity contribution is 7.21. The molecule has 1 fully saturated rings. The maximum absolute atomic E-state index is 13.4. The molecule has 1 spiro atoms. The van der Waals surface area contributed by atoms with Gasteiger partial charge in [-0.15, -0.1) is 11.3 Å². The fourth-order valence-corrected chi connectivity index (χ4v) is 6.22. The minimum atomic E-state index is -1.08. The molecule has 180 valence electrons. The van der Waals surface area contributed by atoms with Crippen LogP contribution in [-0.2, 0) is 21.5 Å². The van der Waals surface area contributed by atoms with E-state index in [0.29, 0.717) is 12.1 Å². The van der Waals surface area contributed by atoms with Gasteiger partial charge < -0.3 is 10.6 Å². The summed E-state index contributed by atoms with van der Waals surface area (Å²) in [5.74, 6) is -0.793. The lowest BCUT2D eigenvalue weighted by molar-refractivity contribution is -0.134. The predicted octanol–water partition coefficient (Wildman–Crippen LogP) is 4.99. The number of hydrogen-bond donors (Lipinski definition) is 2. The summed E-state index contributed by atoms with van der Waals surface area (Å²) < 4.78 is 1.13. The second kappa shape index (κ2) is 8.57. The van der Waals surface area contributed by atoms with Crippen molar-refractivity contribution in [3.63, 3.8) is 0 Å². The second-order valence-corrected chi connectivity index (χ2v) is 10.4. The molecule has 1 aliphatic carbocycles. The summed E-state index contributed by atoms with van der Waals surface area (Å²) in [5, 5.41) is 6.60. The number of amides is 4. The van der Waals surface area contributed by atoms with Crippen molar-refractivity contribution >= 4 is 45.1 Å². The van der Waals surface area contributed by atoms with Gasteiger partial charge in [0.25, 0.3) is 5.91 Å². The zero-order valence-corrected chi connectivity index (χ0v) is 20.5. The zero-order chi connectivity index (χ0) is 24.9. The molecular weight excluding hydrogens is 472 g/mol. The molecule has 2 heterocycles. The van der Waals surface area contributed by atoms with Gasteiger partial charge in [-0.2, -0.15) is 0 Å². The van der Waals surface area contributed by atoms with Crippen molar-refractivity contribution in [3.8, 4) is 10.6 Å². The molecule has 1 saturated heterocycles. The lowest BCUT2D eigenvalue weighted by Crippen LogP contribution is -2.47. The number of fused-ring (bicyclic) bond motifs is 3. The summed E-state index contributed by atoms with van der Waals surface area (Å²) in [5.41, 5.74) is 4.52. The SMILES string of the molecule is Cc1ccc2nc(-c3ccc(NC(=O)CN4C(=O)NC5(CCCc6ccccc65)C4=O)cc3)sc2c1. The summed E-state index contributed by atoms with van der Waals surface area (Å²) in [6, 6.07) is 20.8. The fourth-order valence-electron chi connectivity index (χ4n) is 5.15. The summed E-state index contributed by atoms with van der Waals surface area (Å²) in [4.78, 5) is 44.7. The Balaban J connectivity index is 1.15. The van der Waals surface area contributed by atoms with Crippen molar-refractivity contribution in [2.24, 2.45) is 0 Å². The predicted molar refractivity (Wildman–Crippen MR) is 140 cm³/mol. The monoisotopic (exact) mass is 496 g/mol. The number of anilines is 1. The number of carbonyl (C=O) groups excluding carboxylic acids is 3. The molecule has 0 bridgehead atoms. The number of hydrogen-bond acceptors (Lipinski definition) is 5. The first-order valence-electron chi connectivity index (χ1n) is 11.9. The Morgan fingerprint density at radius 3 is 2.75 bits per heavy atom. The number of aryl methyl sites for hydroxylation is 2. The Kier molecular flexibility index (Phi) is 5.34. The first kappa shape index (κ1) is 22.4. The highest BCUT2D eigenvalue weighted by atomic mass is 32.1. The number of imide groups is 1. The number of rotatable bonds is 4. The average Bonchev–Trinajstić information content (AvgIpc) is 3.39. The number of nitrogens with one attached hydrogen (secondary N) is 2. The van der Waals surface area contributed by atoms with Gasteiger partial charge in [-0.1, -0.05) is 30.3 Å². The molecule has 3 aromatic carbocycles. The van der Waals surface area contributed by atoms with E-state index in [2.05, 4.69) is 23.6 Å². The van der Waals surface area contributed by atoms with Crippen molar-refractivity contribution in [2.75, 3.05) is 11.9 Å². The average molecular weight is 497 g/mol. The standard InChI is InChI=1S/C28H24N4O3S/c1-17-8-13-22-23(15-17)36-25(30-22)19-9-11-20(12-10-19)29-24(33)16-32-26(34)28(31-27(32)35)14-4-6-18-5-2-3-7-21(18)28/h2-3,5,7-13,15H,4,6,14,16H2,1H3,(H,29,33)(H,31,35). The third-order valence-electron chi connectivity index (χ3n) is 6.91. The van der Waals surface area contributed by atoms with Crippen LogP contribution in [0.4, 0.5) is 10.5 Å². The largest absolute Gasteiger partial charge is 0.325 e. The Hall–Kier alpha value is -4.04. The molecule has 4 amide bonds. The van der Waals surface area contributed by atoms with Crippen LogP contribution in [-0.4, -0.2) is 34.3 Å². The van der Waals surface area contributed by atoms with Crippen molar-refractivity contribution in [1.29, 1.82) is 0 Å². The van der Waals surface area contributed by atoms with E-state index in [0.717, 1.165) is 49.7 Å². The van der Waals surface area contributed by atoms with Gasteiger partial charge in [-0.25, -0.2) is 9.78 Å². The number of urea groups is 1. The molecule has 1 aromatic heterocycles. The topological polar surface area (TPSA) is 91.4 Å². The lowest BCUT2D eigenvalue weighted by Gasteiger charge is -2.33. The molecule has 1 unspecified atom stereocenters. The number of thiazole rings is 1. The van der Waals surface area contributed by atoms with Gasteiger partial charge in [0.15, 0.2) is 0 Å². The Labute approximate surface area is 212 Å². The third-order valence-corrected chi connectivity index (χ3v) is 7.98. The van der Waals surface area contributed by atoms with E-state index >= 15 is 0 Å². The summed E-state index contributed by atoms with van der Waals surface area (Å²) >= 11 is 1.62. The van der Waals surface area contributed by atoms with E-state index in [1.54, 1.807) is 23.5 Å². The number of benzene rings is 3. The summed E-state index contributed by atoms with van der Waals surface area (Å²) in [6.45, 7) is 1.72. The van der Waals surface area contributed by atoms with Crippen molar-refractivity contribution in [1.82, 2.24) is 15.2 Å². The van der Waals surface area contributed by atoms with Gasteiger partial charge >= 0.3 is 6.03 Å². The Morgan fingerprint density at radius 1 is 1.11 bits per heavy atom. The van der Waals surface area contributed by atoms with Crippen LogP contribution in [0.3, 0.4) is 0 Å². The van der Waals surface area contributed by atoms with Gasteiger partial charge in [-0.05, 0) is 79.3 Å². The number of nitrogens with zero attached hydrogens (tertiary/aromatic N) is 2. The van der Waals surface area contributed by atoms with E-state index in [1.807, 2.05) is 48.5 Å². The minimum absolute atomic E-state index is 0.340. The van der Waals surface area contributed by atoms with Crippen LogP contribution in [0.25, 0.3) is 20.8 Å². The Morgan fingerprint density at radius 2 is 1.92 bits per heavy atom. The molecule has 0 saturated carbocycles. The number of aromatic nitrogens is 1. The van der Waals surface area contributed by atoms with Crippen LogP contribution in [0.2, 0.25) is 0 Å². The zero-order valence-electron chi connectivity index (χ0n) is 19.7. The Bertz CT molecular complexity index is 1530. The van der Waals surface area contributed by atoms with Crippen LogP contribution in [0.15, 0.2) is 66.7 Å². The van der Waals surface area contributed by atoms with Gasteiger partial charge in [0, 0.05) is 11.3 Å². The van der Waals surface area contributed by atoms with E-state index in [1.165, 1.54) is 5.56 Å². The van der Waals surface area contributed by atoms with Crippen LogP contribution >= 0.6 is 11.3 Å². The second-order valence-electron chi connectivity index (χ2n) is 9.35. The molecule has 2 N–H and O–H groups in total. The van der Waals surface area contributed by atoms with Gasteiger partial charge in [-0.3, -0.25) is 14.5 Å². The van der Waals surface area contributed by atoms with Crippen molar-refractivity contribution in [3.05, 3.63) is 83.4 Å². The molecular formula is C28H24N4O3S. The number of carbonyl (C=O) groups is 3. The normalized spacial score (nSPS) is 19.0. The minimum Gasteiger partial charge on any atom is -0.325 e. The van der Waals surface area contributed by atoms with E-state index in [-0.39, 0.29) is 12.5 Å². The molecule has 4 aromatic rings. The lowest BCUT2D eigenvalue weighted by atomic mass is 9.76. The summed E-state index contributed by atoms with van der Waals surface area (Å²) in [7, 11) is 0. The van der Waals surface area contributed by atoms with Crippen LogP contribution in [0.5, 0.6) is 0 Å².